The molecule has 1 aliphatic rings. The van der Waals surface area contributed by atoms with Crippen molar-refractivity contribution in [3.63, 3.8) is 0 Å². The zero-order valence-electron chi connectivity index (χ0n) is 12.4. The standard InChI is InChI=1S/C15H17Cl2N5O/c16-9-3-4-11(17)12(6-9)22-15-13(18)14(20-8-21-15)19-7-10-2-1-5-23-10/h3-4,6,8,10H,1-2,5,7,18H2,(H2,19,20,21,22). The van der Waals surface area contributed by atoms with Crippen LogP contribution in [-0.2, 0) is 4.74 Å². The van der Waals surface area contributed by atoms with Crippen molar-refractivity contribution in [2.75, 3.05) is 29.5 Å². The summed E-state index contributed by atoms with van der Waals surface area (Å²) < 4.78 is 5.57. The Bertz CT molecular complexity index is 692. The largest absolute Gasteiger partial charge is 0.393 e. The van der Waals surface area contributed by atoms with Gasteiger partial charge in [0.25, 0.3) is 0 Å². The first-order valence-electron chi connectivity index (χ1n) is 7.31. The second-order valence-corrected chi connectivity index (χ2v) is 6.09. The Morgan fingerprint density at radius 1 is 1.26 bits per heavy atom. The molecule has 122 valence electrons. The summed E-state index contributed by atoms with van der Waals surface area (Å²) >= 11 is 12.1. The van der Waals surface area contributed by atoms with Crippen LogP contribution in [0.3, 0.4) is 0 Å². The quantitative estimate of drug-likeness (QED) is 0.759. The van der Waals surface area contributed by atoms with Crippen LogP contribution in [0, 0.1) is 0 Å². The topological polar surface area (TPSA) is 85.1 Å². The van der Waals surface area contributed by atoms with E-state index in [-0.39, 0.29) is 6.10 Å². The van der Waals surface area contributed by atoms with Gasteiger partial charge < -0.3 is 21.1 Å². The highest BCUT2D eigenvalue weighted by atomic mass is 35.5. The number of anilines is 4. The number of halogens is 2. The minimum atomic E-state index is 0.197. The van der Waals surface area contributed by atoms with Gasteiger partial charge in [-0.3, -0.25) is 0 Å². The molecule has 0 saturated carbocycles. The summed E-state index contributed by atoms with van der Waals surface area (Å²) in [6.07, 6.45) is 3.77. The molecule has 2 aromatic rings. The molecule has 0 amide bonds. The van der Waals surface area contributed by atoms with E-state index < -0.39 is 0 Å². The van der Waals surface area contributed by atoms with E-state index in [0.717, 1.165) is 19.4 Å². The fraction of sp³-hybridized carbons (Fsp3) is 0.333. The molecule has 6 nitrogen and oxygen atoms in total. The summed E-state index contributed by atoms with van der Waals surface area (Å²) in [4.78, 5) is 8.34. The maximum atomic E-state index is 6.15. The van der Waals surface area contributed by atoms with Crippen molar-refractivity contribution in [2.45, 2.75) is 18.9 Å². The Kier molecular flexibility index (Phi) is 5.05. The van der Waals surface area contributed by atoms with Gasteiger partial charge in [0.1, 0.15) is 12.0 Å². The van der Waals surface area contributed by atoms with E-state index in [9.17, 15) is 0 Å². The van der Waals surface area contributed by atoms with Gasteiger partial charge >= 0.3 is 0 Å². The normalized spacial score (nSPS) is 17.2. The highest BCUT2D eigenvalue weighted by Crippen LogP contribution is 2.31. The van der Waals surface area contributed by atoms with Crippen LogP contribution in [0.5, 0.6) is 0 Å². The summed E-state index contributed by atoms with van der Waals surface area (Å²) in [7, 11) is 0. The fourth-order valence-corrected chi connectivity index (χ4v) is 2.71. The molecule has 4 N–H and O–H groups in total. The van der Waals surface area contributed by atoms with Gasteiger partial charge in [0.15, 0.2) is 11.6 Å². The molecule has 1 atom stereocenters. The van der Waals surface area contributed by atoms with Gasteiger partial charge in [-0.1, -0.05) is 23.2 Å². The van der Waals surface area contributed by atoms with Crippen LogP contribution < -0.4 is 16.4 Å². The second-order valence-electron chi connectivity index (χ2n) is 5.25. The van der Waals surface area contributed by atoms with E-state index >= 15 is 0 Å². The van der Waals surface area contributed by atoms with Crippen molar-refractivity contribution in [2.24, 2.45) is 0 Å². The van der Waals surface area contributed by atoms with E-state index in [4.69, 9.17) is 33.7 Å². The molecule has 1 unspecified atom stereocenters. The van der Waals surface area contributed by atoms with Gasteiger partial charge in [-0.15, -0.1) is 0 Å². The molecule has 2 heterocycles. The van der Waals surface area contributed by atoms with Crippen LogP contribution in [0.2, 0.25) is 10.0 Å². The van der Waals surface area contributed by atoms with Gasteiger partial charge in [-0.2, -0.15) is 0 Å². The molecule has 1 aliphatic heterocycles. The number of nitrogen functional groups attached to an aromatic ring is 1. The smallest absolute Gasteiger partial charge is 0.159 e. The van der Waals surface area contributed by atoms with Gasteiger partial charge in [0.2, 0.25) is 0 Å². The Morgan fingerprint density at radius 2 is 2.09 bits per heavy atom. The Hall–Kier alpha value is -1.76. The monoisotopic (exact) mass is 353 g/mol. The first kappa shape index (κ1) is 16.1. The summed E-state index contributed by atoms with van der Waals surface area (Å²) in [5.41, 5.74) is 7.19. The van der Waals surface area contributed by atoms with Crippen molar-refractivity contribution in [3.8, 4) is 0 Å². The van der Waals surface area contributed by atoms with Gasteiger partial charge in [0.05, 0.1) is 16.8 Å². The third-order valence-corrected chi connectivity index (χ3v) is 4.15. The van der Waals surface area contributed by atoms with Crippen LogP contribution in [0.15, 0.2) is 24.5 Å². The van der Waals surface area contributed by atoms with E-state index in [0.29, 0.717) is 39.6 Å². The first-order chi connectivity index (χ1) is 11.1. The highest BCUT2D eigenvalue weighted by Gasteiger charge is 2.16. The van der Waals surface area contributed by atoms with Gasteiger partial charge in [-0.05, 0) is 31.0 Å². The number of nitrogens with one attached hydrogen (secondary N) is 2. The molecule has 1 aromatic carbocycles. The first-order valence-corrected chi connectivity index (χ1v) is 8.07. The van der Waals surface area contributed by atoms with E-state index in [2.05, 4.69) is 20.6 Å². The summed E-state index contributed by atoms with van der Waals surface area (Å²) in [5.74, 6) is 1.04. The molecular weight excluding hydrogens is 337 g/mol. The van der Waals surface area contributed by atoms with Gasteiger partial charge in [0, 0.05) is 18.2 Å². The molecule has 0 radical (unpaired) electrons. The summed E-state index contributed by atoms with van der Waals surface area (Å²) in [5, 5.41) is 7.39. The lowest BCUT2D eigenvalue weighted by Crippen LogP contribution is -2.20. The number of aromatic nitrogens is 2. The number of nitrogens with two attached hydrogens (primary N) is 1. The average Bonchev–Trinajstić information content (AvgIpc) is 3.05. The second kappa shape index (κ2) is 7.21. The Labute approximate surface area is 144 Å². The summed E-state index contributed by atoms with van der Waals surface area (Å²) in [6, 6.07) is 5.14. The molecular formula is C15H17Cl2N5O. The zero-order chi connectivity index (χ0) is 16.2. The number of ether oxygens (including phenoxy) is 1. The number of hydrogen-bond acceptors (Lipinski definition) is 6. The van der Waals surface area contributed by atoms with Crippen molar-refractivity contribution in [3.05, 3.63) is 34.6 Å². The Balaban J connectivity index is 1.74. The van der Waals surface area contributed by atoms with Crippen molar-refractivity contribution in [1.29, 1.82) is 0 Å². The van der Waals surface area contributed by atoms with E-state index in [1.165, 1.54) is 6.33 Å². The molecule has 8 heteroatoms. The number of hydrogen-bond donors (Lipinski definition) is 3. The highest BCUT2D eigenvalue weighted by molar-refractivity contribution is 6.35. The van der Waals surface area contributed by atoms with Crippen LogP contribution in [0.1, 0.15) is 12.8 Å². The van der Waals surface area contributed by atoms with Crippen molar-refractivity contribution >= 4 is 46.2 Å². The molecule has 0 bridgehead atoms. The molecule has 0 spiro atoms. The molecule has 0 aliphatic carbocycles. The number of benzene rings is 1. The average molecular weight is 354 g/mol. The molecule has 1 aromatic heterocycles. The number of nitrogens with zero attached hydrogens (tertiary/aromatic N) is 2. The summed E-state index contributed by atoms with van der Waals surface area (Å²) in [6.45, 7) is 1.48. The molecule has 1 saturated heterocycles. The van der Waals surface area contributed by atoms with E-state index in [1.807, 2.05) is 0 Å². The molecule has 1 fully saturated rings. The SMILES string of the molecule is Nc1c(NCC2CCCO2)ncnc1Nc1cc(Cl)ccc1Cl. The zero-order valence-corrected chi connectivity index (χ0v) is 13.9. The van der Waals surface area contributed by atoms with E-state index in [1.54, 1.807) is 18.2 Å². The minimum Gasteiger partial charge on any atom is -0.393 e. The predicted octanol–water partition coefficient (Wildman–Crippen LogP) is 3.70. The Morgan fingerprint density at radius 3 is 2.87 bits per heavy atom. The third-order valence-electron chi connectivity index (χ3n) is 3.59. The maximum Gasteiger partial charge on any atom is 0.159 e. The lowest BCUT2D eigenvalue weighted by Gasteiger charge is -2.15. The number of rotatable bonds is 5. The third kappa shape index (κ3) is 3.96. The predicted molar refractivity (Wildman–Crippen MR) is 93.7 cm³/mol. The molecule has 23 heavy (non-hydrogen) atoms. The van der Waals surface area contributed by atoms with Crippen molar-refractivity contribution in [1.82, 2.24) is 9.97 Å². The molecule has 3 rings (SSSR count). The lowest BCUT2D eigenvalue weighted by molar-refractivity contribution is 0.120. The van der Waals surface area contributed by atoms with Crippen LogP contribution in [-0.4, -0.2) is 29.2 Å². The lowest BCUT2D eigenvalue weighted by atomic mass is 10.2. The maximum absolute atomic E-state index is 6.15. The van der Waals surface area contributed by atoms with Crippen molar-refractivity contribution < 1.29 is 4.74 Å². The van der Waals surface area contributed by atoms with Crippen LogP contribution >= 0.6 is 23.2 Å². The minimum absolute atomic E-state index is 0.197. The van der Waals surface area contributed by atoms with Crippen LogP contribution in [0.25, 0.3) is 0 Å². The van der Waals surface area contributed by atoms with Gasteiger partial charge in [-0.25, -0.2) is 9.97 Å². The van der Waals surface area contributed by atoms with Crippen LogP contribution in [0.4, 0.5) is 23.0 Å². The fourth-order valence-electron chi connectivity index (χ4n) is 2.37.